The molecule has 1 unspecified atom stereocenters. The number of carbonyl (C=O) groups excluding carboxylic acids is 1. The molecule has 0 radical (unpaired) electrons. The molecule has 0 saturated carbocycles. The maximum atomic E-state index is 12.8. The molecule has 0 amide bonds. The van der Waals surface area contributed by atoms with Gasteiger partial charge in [-0.05, 0) is 13.0 Å². The molecule has 7 nitrogen and oxygen atoms in total. The van der Waals surface area contributed by atoms with E-state index in [0.29, 0.717) is 22.9 Å². The van der Waals surface area contributed by atoms with Crippen molar-refractivity contribution in [2.24, 2.45) is 0 Å². The van der Waals surface area contributed by atoms with Gasteiger partial charge in [-0.3, -0.25) is 9.89 Å². The second-order valence-electron chi connectivity index (χ2n) is 4.78. The Morgan fingerprint density at radius 1 is 1.38 bits per heavy atom. The van der Waals surface area contributed by atoms with Gasteiger partial charge in [0.2, 0.25) is 5.78 Å². The second-order valence-corrected chi connectivity index (χ2v) is 4.78. The molecule has 1 aliphatic carbocycles. The van der Waals surface area contributed by atoms with Gasteiger partial charge in [0.15, 0.2) is 11.3 Å². The lowest BCUT2D eigenvalue weighted by atomic mass is 9.86. The number of H-pyrrole nitrogens is 1. The lowest BCUT2D eigenvalue weighted by molar-refractivity contribution is 0.0178. The number of hydrogen-bond donors (Lipinski definition) is 2. The minimum atomic E-state index is -1.25. The number of allylic oxidation sites excluding steroid dienone is 1. The minimum absolute atomic E-state index is 0.151. The first kappa shape index (κ1) is 15.1. The van der Waals surface area contributed by atoms with Crippen LogP contribution in [0.1, 0.15) is 22.6 Å². The van der Waals surface area contributed by atoms with Crippen molar-refractivity contribution in [1.82, 2.24) is 10.2 Å². The lowest BCUT2D eigenvalue weighted by Gasteiger charge is -2.31. The molecule has 1 aromatic heterocycles. The monoisotopic (exact) mass is 293 g/mol. The van der Waals surface area contributed by atoms with Crippen molar-refractivity contribution in [3.8, 4) is 0 Å². The first-order valence-corrected chi connectivity index (χ1v) is 6.39. The quantitative estimate of drug-likeness (QED) is 0.795. The van der Waals surface area contributed by atoms with E-state index >= 15 is 0 Å². The molecule has 2 rings (SSSR count). The molecule has 1 aromatic rings. The fraction of sp³-hybridized carbons (Fsp3) is 0.429. The third-order valence-corrected chi connectivity index (χ3v) is 3.57. The first-order chi connectivity index (χ1) is 9.97. The summed E-state index contributed by atoms with van der Waals surface area (Å²) in [5, 5.41) is 6.67. The Hall–Kier alpha value is -2.28. The Morgan fingerprint density at radius 3 is 2.57 bits per heavy atom. The summed E-state index contributed by atoms with van der Waals surface area (Å²) in [6.07, 6.45) is 3.57. The van der Waals surface area contributed by atoms with Crippen molar-refractivity contribution < 1.29 is 19.0 Å². The highest BCUT2D eigenvalue weighted by molar-refractivity contribution is 6.06. The summed E-state index contributed by atoms with van der Waals surface area (Å²) in [5.74, 6) is 0.721. The molecule has 114 valence electrons. The average molecular weight is 293 g/mol. The topological polar surface area (TPSA) is 99.5 Å². The van der Waals surface area contributed by atoms with Crippen molar-refractivity contribution in [2.75, 3.05) is 27.1 Å². The van der Waals surface area contributed by atoms with E-state index in [1.54, 1.807) is 19.1 Å². The molecular formula is C14H19N3O4. The van der Waals surface area contributed by atoms with Gasteiger partial charge in [-0.25, -0.2) is 0 Å². The Labute approximate surface area is 122 Å². The molecule has 7 heteroatoms. The summed E-state index contributed by atoms with van der Waals surface area (Å²) in [4.78, 5) is 12.8. The highest BCUT2D eigenvalue weighted by atomic mass is 16.5. The van der Waals surface area contributed by atoms with E-state index in [-0.39, 0.29) is 17.9 Å². The van der Waals surface area contributed by atoms with Gasteiger partial charge < -0.3 is 19.9 Å². The summed E-state index contributed by atoms with van der Waals surface area (Å²) < 4.78 is 16.0. The highest BCUT2D eigenvalue weighted by Crippen LogP contribution is 2.34. The Balaban J connectivity index is 2.47. The SMILES string of the molecule is COC1=CC(OC)(C(=O)c2n[nH]c(C)c2N)CC(OC)=C1. The molecule has 0 aromatic carbocycles. The summed E-state index contributed by atoms with van der Waals surface area (Å²) in [6, 6.07) is 0. The van der Waals surface area contributed by atoms with E-state index < -0.39 is 5.60 Å². The highest BCUT2D eigenvalue weighted by Gasteiger charge is 2.43. The number of Topliss-reactive ketones (excluding diaryl/α,β-unsaturated/α-hetero) is 1. The number of methoxy groups -OCH3 is 3. The van der Waals surface area contributed by atoms with Gasteiger partial charge in [-0.15, -0.1) is 0 Å². The first-order valence-electron chi connectivity index (χ1n) is 6.39. The van der Waals surface area contributed by atoms with Crippen LogP contribution in [0.3, 0.4) is 0 Å². The molecule has 0 saturated heterocycles. The number of aryl methyl sites for hydroxylation is 1. The molecule has 3 N–H and O–H groups in total. The van der Waals surface area contributed by atoms with Crippen LogP contribution < -0.4 is 5.73 Å². The van der Waals surface area contributed by atoms with Gasteiger partial charge in [-0.2, -0.15) is 5.10 Å². The number of nitrogens with one attached hydrogen (secondary N) is 1. The van der Waals surface area contributed by atoms with E-state index in [2.05, 4.69) is 10.2 Å². The lowest BCUT2D eigenvalue weighted by Crippen LogP contribution is -2.42. The standard InChI is InChI=1S/C14H19N3O4/c1-8-11(15)12(17-16-8)13(18)14(21-4)6-9(19-2)5-10(7-14)20-3/h5-6H,7,15H2,1-4H3,(H,16,17). The number of nitrogens with zero attached hydrogens (tertiary/aromatic N) is 1. The van der Waals surface area contributed by atoms with Gasteiger partial charge in [-0.1, -0.05) is 0 Å². The van der Waals surface area contributed by atoms with Crippen LogP contribution in [-0.2, 0) is 14.2 Å². The van der Waals surface area contributed by atoms with Crippen LogP contribution in [0.2, 0.25) is 0 Å². The molecule has 1 aliphatic rings. The molecule has 0 spiro atoms. The zero-order valence-electron chi connectivity index (χ0n) is 12.5. The summed E-state index contributed by atoms with van der Waals surface area (Å²) >= 11 is 0. The number of ether oxygens (including phenoxy) is 3. The van der Waals surface area contributed by atoms with Crippen molar-refractivity contribution in [2.45, 2.75) is 18.9 Å². The largest absolute Gasteiger partial charge is 0.501 e. The van der Waals surface area contributed by atoms with Crippen molar-refractivity contribution in [1.29, 1.82) is 0 Å². The van der Waals surface area contributed by atoms with Gasteiger partial charge in [0, 0.05) is 19.6 Å². The number of anilines is 1. The summed E-state index contributed by atoms with van der Waals surface area (Å²) in [5.41, 5.74) is 5.75. The van der Waals surface area contributed by atoms with Gasteiger partial charge in [0.1, 0.15) is 11.5 Å². The zero-order chi connectivity index (χ0) is 15.6. The van der Waals surface area contributed by atoms with E-state index in [0.717, 1.165) is 0 Å². The van der Waals surface area contributed by atoms with Crippen LogP contribution in [0, 0.1) is 6.92 Å². The fourth-order valence-electron chi connectivity index (χ4n) is 2.22. The molecule has 0 aliphatic heterocycles. The number of aromatic nitrogens is 2. The average Bonchev–Trinajstić information content (AvgIpc) is 2.85. The molecule has 21 heavy (non-hydrogen) atoms. The predicted molar refractivity (Wildman–Crippen MR) is 76.6 cm³/mol. The van der Waals surface area contributed by atoms with Crippen LogP contribution in [0.4, 0.5) is 5.69 Å². The Morgan fingerprint density at radius 2 is 2.10 bits per heavy atom. The number of rotatable bonds is 5. The Bertz CT molecular complexity index is 618. The van der Waals surface area contributed by atoms with E-state index in [1.807, 2.05) is 0 Å². The number of nitrogen functional groups attached to an aromatic ring is 1. The molecule has 0 fully saturated rings. The van der Waals surface area contributed by atoms with Crippen molar-refractivity contribution >= 4 is 11.5 Å². The third kappa shape index (κ3) is 2.52. The van der Waals surface area contributed by atoms with Crippen LogP contribution >= 0.6 is 0 Å². The smallest absolute Gasteiger partial charge is 0.221 e. The number of carbonyl (C=O) groups is 1. The molecular weight excluding hydrogens is 274 g/mol. The van der Waals surface area contributed by atoms with E-state index in [1.165, 1.54) is 21.3 Å². The normalized spacial score (nSPS) is 21.5. The van der Waals surface area contributed by atoms with Crippen LogP contribution in [0.25, 0.3) is 0 Å². The minimum Gasteiger partial charge on any atom is -0.501 e. The van der Waals surface area contributed by atoms with E-state index in [9.17, 15) is 4.79 Å². The predicted octanol–water partition coefficient (Wildman–Crippen LogP) is 1.33. The summed E-state index contributed by atoms with van der Waals surface area (Å²) in [7, 11) is 4.50. The second kappa shape index (κ2) is 5.61. The molecule has 1 heterocycles. The van der Waals surface area contributed by atoms with E-state index in [4.69, 9.17) is 19.9 Å². The van der Waals surface area contributed by atoms with Crippen molar-refractivity contribution in [3.05, 3.63) is 35.1 Å². The van der Waals surface area contributed by atoms with Crippen LogP contribution in [-0.4, -0.2) is 42.9 Å². The van der Waals surface area contributed by atoms with Gasteiger partial charge in [0.05, 0.1) is 25.6 Å². The Kier molecular flexibility index (Phi) is 4.04. The van der Waals surface area contributed by atoms with Crippen LogP contribution in [0.15, 0.2) is 23.7 Å². The third-order valence-electron chi connectivity index (χ3n) is 3.57. The van der Waals surface area contributed by atoms with Crippen LogP contribution in [0.5, 0.6) is 0 Å². The number of ketones is 1. The maximum absolute atomic E-state index is 12.8. The van der Waals surface area contributed by atoms with Crippen molar-refractivity contribution in [3.63, 3.8) is 0 Å². The summed E-state index contributed by atoms with van der Waals surface area (Å²) in [6.45, 7) is 1.75. The number of aromatic amines is 1. The maximum Gasteiger partial charge on any atom is 0.221 e. The number of nitrogens with two attached hydrogens (primary N) is 1. The molecule has 0 bridgehead atoms. The van der Waals surface area contributed by atoms with Gasteiger partial charge >= 0.3 is 0 Å². The van der Waals surface area contributed by atoms with Gasteiger partial charge in [0.25, 0.3) is 0 Å². The fourth-order valence-corrected chi connectivity index (χ4v) is 2.22. The zero-order valence-corrected chi connectivity index (χ0v) is 12.5. The number of hydrogen-bond acceptors (Lipinski definition) is 6. The molecule has 1 atom stereocenters.